The molecular formula is C15H17FN2O2. The smallest absolute Gasteiger partial charge is 0.339 e. The van der Waals surface area contributed by atoms with Gasteiger partial charge >= 0.3 is 5.97 Å². The number of carbonyl (C=O) groups is 1. The number of hydrogen-bond acceptors (Lipinski definition) is 2. The normalized spacial score (nSPS) is 11.0. The Kier molecular flexibility index (Phi) is 4.17. The zero-order chi connectivity index (χ0) is 14.7. The number of carboxylic acids is 1. The molecule has 0 saturated carbocycles. The van der Waals surface area contributed by atoms with Gasteiger partial charge in [-0.15, -0.1) is 0 Å². The molecule has 1 heterocycles. The molecule has 106 valence electrons. The third-order valence-electron chi connectivity index (χ3n) is 3.41. The van der Waals surface area contributed by atoms with E-state index >= 15 is 0 Å². The summed E-state index contributed by atoms with van der Waals surface area (Å²) in [6.45, 7) is 4.03. The fourth-order valence-electron chi connectivity index (χ4n) is 2.25. The quantitative estimate of drug-likeness (QED) is 0.904. The predicted octanol–water partition coefficient (Wildman–Crippen LogP) is 3.75. The highest BCUT2D eigenvalue weighted by atomic mass is 19.1. The second kappa shape index (κ2) is 5.86. The van der Waals surface area contributed by atoms with E-state index in [0.29, 0.717) is 0 Å². The lowest BCUT2D eigenvalue weighted by Crippen LogP contribution is -2.07. The highest BCUT2D eigenvalue weighted by Gasteiger charge is 2.21. The number of aromatic carboxylic acids is 1. The Balaban J connectivity index is 2.57. The van der Waals surface area contributed by atoms with E-state index in [2.05, 4.69) is 5.10 Å². The summed E-state index contributed by atoms with van der Waals surface area (Å²) in [5, 5.41) is 13.6. The summed E-state index contributed by atoms with van der Waals surface area (Å²) in [5.41, 5.74) is 0.430. The maximum absolute atomic E-state index is 13.9. The zero-order valence-corrected chi connectivity index (χ0v) is 11.5. The summed E-state index contributed by atoms with van der Waals surface area (Å²) in [6.07, 6.45) is 3.17. The van der Waals surface area contributed by atoms with Crippen molar-refractivity contribution in [3.63, 3.8) is 0 Å². The number of hydrogen-bond donors (Lipinski definition) is 1. The van der Waals surface area contributed by atoms with Crippen molar-refractivity contribution in [1.82, 2.24) is 9.78 Å². The van der Waals surface area contributed by atoms with Crippen molar-refractivity contribution in [2.45, 2.75) is 32.7 Å². The van der Waals surface area contributed by atoms with E-state index in [-0.39, 0.29) is 22.9 Å². The number of rotatable bonds is 5. The Morgan fingerprint density at radius 3 is 2.55 bits per heavy atom. The molecule has 0 atom stereocenters. The average molecular weight is 276 g/mol. The van der Waals surface area contributed by atoms with Crippen LogP contribution in [-0.2, 0) is 0 Å². The number of nitrogens with zero attached hydrogens (tertiary/aromatic N) is 2. The maximum Gasteiger partial charge on any atom is 0.339 e. The van der Waals surface area contributed by atoms with E-state index < -0.39 is 11.8 Å². The predicted molar refractivity (Wildman–Crippen MR) is 74.2 cm³/mol. The van der Waals surface area contributed by atoms with Crippen LogP contribution in [0.2, 0.25) is 0 Å². The average Bonchev–Trinajstić information content (AvgIpc) is 2.86. The molecule has 0 radical (unpaired) electrons. The largest absolute Gasteiger partial charge is 0.478 e. The summed E-state index contributed by atoms with van der Waals surface area (Å²) in [4.78, 5) is 11.3. The molecule has 4 nitrogen and oxygen atoms in total. The van der Waals surface area contributed by atoms with E-state index in [1.165, 1.54) is 12.3 Å². The Bertz CT molecular complexity index is 618. The summed E-state index contributed by atoms with van der Waals surface area (Å²) >= 11 is 0. The third-order valence-corrected chi connectivity index (χ3v) is 3.41. The second-order valence-electron chi connectivity index (χ2n) is 4.63. The molecule has 2 aromatic rings. The van der Waals surface area contributed by atoms with Crippen LogP contribution in [0.3, 0.4) is 0 Å². The maximum atomic E-state index is 13.9. The Hall–Kier alpha value is -2.17. The monoisotopic (exact) mass is 276 g/mol. The van der Waals surface area contributed by atoms with Crippen LogP contribution in [0.1, 0.15) is 43.1 Å². The molecule has 0 spiro atoms. The van der Waals surface area contributed by atoms with Crippen molar-refractivity contribution in [2.24, 2.45) is 0 Å². The minimum Gasteiger partial charge on any atom is -0.478 e. The van der Waals surface area contributed by atoms with Gasteiger partial charge < -0.3 is 5.11 Å². The molecule has 0 aliphatic heterocycles. The van der Waals surface area contributed by atoms with E-state index in [0.717, 1.165) is 12.8 Å². The molecule has 1 N–H and O–H groups in total. The molecule has 5 heteroatoms. The molecule has 0 bridgehead atoms. The van der Waals surface area contributed by atoms with Crippen molar-refractivity contribution in [3.05, 3.63) is 41.8 Å². The van der Waals surface area contributed by atoms with Gasteiger partial charge in [0.25, 0.3) is 0 Å². The van der Waals surface area contributed by atoms with Gasteiger partial charge in [0.05, 0.1) is 6.04 Å². The molecule has 0 amide bonds. The highest BCUT2D eigenvalue weighted by Crippen LogP contribution is 2.27. The third kappa shape index (κ3) is 2.57. The van der Waals surface area contributed by atoms with Gasteiger partial charge in [0.2, 0.25) is 0 Å². The number of carboxylic acid groups (broad SMARTS) is 1. The van der Waals surface area contributed by atoms with Crippen molar-refractivity contribution in [1.29, 1.82) is 0 Å². The topological polar surface area (TPSA) is 55.1 Å². The van der Waals surface area contributed by atoms with Gasteiger partial charge in [-0.05, 0) is 25.0 Å². The lowest BCUT2D eigenvalue weighted by atomic mass is 10.1. The number of aromatic nitrogens is 2. The van der Waals surface area contributed by atoms with Crippen LogP contribution < -0.4 is 0 Å². The molecule has 1 aromatic heterocycles. The minimum atomic E-state index is -1.10. The fraction of sp³-hybridized carbons (Fsp3) is 0.333. The first-order valence-corrected chi connectivity index (χ1v) is 6.65. The van der Waals surface area contributed by atoms with Crippen LogP contribution in [0.25, 0.3) is 11.3 Å². The molecule has 0 fully saturated rings. The Morgan fingerprint density at radius 1 is 1.35 bits per heavy atom. The summed E-state index contributed by atoms with van der Waals surface area (Å²) in [5.74, 6) is -1.56. The van der Waals surface area contributed by atoms with E-state index in [9.17, 15) is 14.3 Å². The van der Waals surface area contributed by atoms with Crippen molar-refractivity contribution >= 4 is 5.97 Å². The SMILES string of the molecule is CCC(CC)n1cc(C(=O)O)c(-c2ccccc2F)n1. The molecule has 0 aliphatic carbocycles. The van der Waals surface area contributed by atoms with Gasteiger partial charge in [-0.25, -0.2) is 9.18 Å². The van der Waals surface area contributed by atoms with Crippen LogP contribution >= 0.6 is 0 Å². The lowest BCUT2D eigenvalue weighted by Gasteiger charge is -2.12. The van der Waals surface area contributed by atoms with Gasteiger partial charge in [-0.2, -0.15) is 5.10 Å². The molecule has 0 unspecified atom stereocenters. The van der Waals surface area contributed by atoms with Crippen molar-refractivity contribution in [3.8, 4) is 11.3 Å². The van der Waals surface area contributed by atoms with Crippen molar-refractivity contribution < 1.29 is 14.3 Å². The van der Waals surface area contributed by atoms with Crippen LogP contribution in [0.5, 0.6) is 0 Å². The van der Waals surface area contributed by atoms with Crippen LogP contribution in [-0.4, -0.2) is 20.9 Å². The van der Waals surface area contributed by atoms with Gasteiger partial charge in [0, 0.05) is 11.8 Å². The van der Waals surface area contributed by atoms with E-state index in [1.807, 2.05) is 13.8 Å². The van der Waals surface area contributed by atoms with Gasteiger partial charge in [0.15, 0.2) is 0 Å². The first-order chi connectivity index (χ1) is 9.58. The Morgan fingerprint density at radius 2 is 2.00 bits per heavy atom. The van der Waals surface area contributed by atoms with Gasteiger partial charge in [-0.3, -0.25) is 4.68 Å². The van der Waals surface area contributed by atoms with Crippen LogP contribution in [0.4, 0.5) is 4.39 Å². The zero-order valence-electron chi connectivity index (χ0n) is 11.5. The molecular weight excluding hydrogens is 259 g/mol. The van der Waals surface area contributed by atoms with Crippen molar-refractivity contribution in [2.75, 3.05) is 0 Å². The molecule has 2 rings (SSSR count). The van der Waals surface area contributed by atoms with E-state index in [1.54, 1.807) is 22.9 Å². The molecule has 0 aliphatic rings. The first kappa shape index (κ1) is 14.2. The lowest BCUT2D eigenvalue weighted by molar-refractivity contribution is 0.0697. The van der Waals surface area contributed by atoms with Gasteiger partial charge in [0.1, 0.15) is 17.1 Å². The minimum absolute atomic E-state index is 0.0296. The fourth-order valence-corrected chi connectivity index (χ4v) is 2.25. The molecule has 20 heavy (non-hydrogen) atoms. The first-order valence-electron chi connectivity index (χ1n) is 6.65. The van der Waals surface area contributed by atoms with Gasteiger partial charge in [-0.1, -0.05) is 26.0 Å². The molecule has 1 aromatic carbocycles. The highest BCUT2D eigenvalue weighted by molar-refractivity contribution is 5.94. The number of benzene rings is 1. The molecule has 0 saturated heterocycles. The standard InChI is InChI=1S/C15H17FN2O2/c1-3-10(4-2)18-9-12(15(19)20)14(17-18)11-7-5-6-8-13(11)16/h5-10H,3-4H2,1-2H3,(H,19,20). The summed E-state index contributed by atoms with van der Waals surface area (Å²) in [7, 11) is 0. The Labute approximate surface area is 116 Å². The number of halogens is 1. The summed E-state index contributed by atoms with van der Waals surface area (Å²) in [6, 6.07) is 6.20. The second-order valence-corrected chi connectivity index (χ2v) is 4.63. The van der Waals surface area contributed by atoms with E-state index in [4.69, 9.17) is 0 Å². The van der Waals surface area contributed by atoms with Crippen LogP contribution in [0, 0.1) is 5.82 Å². The summed E-state index contributed by atoms with van der Waals surface area (Å²) < 4.78 is 15.5. The van der Waals surface area contributed by atoms with Crippen LogP contribution in [0.15, 0.2) is 30.5 Å².